The predicted molar refractivity (Wildman–Crippen MR) is 56.7 cm³/mol. The molecule has 1 rings (SSSR count). The molecule has 1 aromatic rings. The highest BCUT2D eigenvalue weighted by atomic mass is 35.5. The quantitative estimate of drug-likeness (QED) is 0.441. The summed E-state index contributed by atoms with van der Waals surface area (Å²) < 4.78 is 0. The molecule has 0 heterocycles. The van der Waals surface area contributed by atoms with Crippen LogP contribution in [-0.2, 0) is 4.79 Å². The van der Waals surface area contributed by atoms with E-state index in [1.807, 2.05) is 0 Å². The van der Waals surface area contributed by atoms with E-state index in [1.165, 1.54) is 0 Å². The lowest BCUT2D eigenvalue weighted by Crippen LogP contribution is -2.13. The van der Waals surface area contributed by atoms with Crippen LogP contribution in [0.4, 0.5) is 0 Å². The number of halogens is 1. The molecule has 0 bridgehead atoms. The van der Waals surface area contributed by atoms with Crippen molar-refractivity contribution in [2.45, 2.75) is 12.3 Å². The van der Waals surface area contributed by atoms with Gasteiger partial charge in [0, 0.05) is 16.4 Å². The van der Waals surface area contributed by atoms with Crippen molar-refractivity contribution in [1.82, 2.24) is 0 Å². The van der Waals surface area contributed by atoms with Crippen LogP contribution < -0.4 is 0 Å². The summed E-state index contributed by atoms with van der Waals surface area (Å²) in [6.45, 7) is -0.275. The summed E-state index contributed by atoms with van der Waals surface area (Å²) in [6, 6.07) is 6.86. The Balaban J connectivity index is 2.92. The SMILES string of the molecule is O=CC[C@H](C[N+](=O)[O-])c1ccccc1Cl. The van der Waals surface area contributed by atoms with Crippen LogP contribution in [0.1, 0.15) is 17.9 Å². The average Bonchev–Trinajstić information content (AvgIpc) is 2.17. The molecule has 0 amide bonds. The van der Waals surface area contributed by atoms with E-state index in [0.29, 0.717) is 16.9 Å². The Labute approximate surface area is 92.0 Å². The molecule has 0 aliphatic rings. The number of aldehydes is 1. The molecule has 15 heavy (non-hydrogen) atoms. The maximum absolute atomic E-state index is 10.4. The van der Waals surface area contributed by atoms with Gasteiger partial charge in [-0.25, -0.2) is 0 Å². The van der Waals surface area contributed by atoms with Gasteiger partial charge in [0.15, 0.2) is 0 Å². The topological polar surface area (TPSA) is 60.2 Å². The van der Waals surface area contributed by atoms with E-state index >= 15 is 0 Å². The van der Waals surface area contributed by atoms with Crippen molar-refractivity contribution in [1.29, 1.82) is 0 Å². The second-order valence-corrected chi connectivity index (χ2v) is 3.54. The van der Waals surface area contributed by atoms with Gasteiger partial charge in [-0.1, -0.05) is 29.8 Å². The molecule has 1 aromatic carbocycles. The lowest BCUT2D eigenvalue weighted by Gasteiger charge is -2.11. The van der Waals surface area contributed by atoms with Crippen LogP contribution in [0.15, 0.2) is 24.3 Å². The van der Waals surface area contributed by atoms with Gasteiger partial charge < -0.3 is 4.79 Å². The molecule has 0 fully saturated rings. The molecule has 80 valence electrons. The van der Waals surface area contributed by atoms with Crippen LogP contribution in [0, 0.1) is 10.1 Å². The van der Waals surface area contributed by atoms with Crippen molar-refractivity contribution in [2.24, 2.45) is 0 Å². The molecule has 0 unspecified atom stereocenters. The molecule has 0 N–H and O–H groups in total. The van der Waals surface area contributed by atoms with Crippen LogP contribution >= 0.6 is 11.6 Å². The van der Waals surface area contributed by atoms with E-state index in [9.17, 15) is 14.9 Å². The molecule has 0 aliphatic heterocycles. The molecule has 0 aliphatic carbocycles. The number of benzene rings is 1. The molecule has 0 radical (unpaired) electrons. The number of carbonyl (C=O) groups is 1. The first-order chi connectivity index (χ1) is 7.15. The Morgan fingerprint density at radius 1 is 1.47 bits per heavy atom. The number of hydrogen-bond donors (Lipinski definition) is 0. The van der Waals surface area contributed by atoms with Crippen LogP contribution in [0.2, 0.25) is 5.02 Å². The maximum atomic E-state index is 10.4. The zero-order chi connectivity index (χ0) is 11.3. The molecule has 0 saturated carbocycles. The van der Waals surface area contributed by atoms with E-state index in [-0.39, 0.29) is 13.0 Å². The number of nitrogens with zero attached hydrogens (tertiary/aromatic N) is 1. The van der Waals surface area contributed by atoms with E-state index < -0.39 is 10.8 Å². The summed E-state index contributed by atoms with van der Waals surface area (Å²) in [5.74, 6) is -0.439. The smallest absolute Gasteiger partial charge is 0.211 e. The number of carbonyl (C=O) groups excluding carboxylic acids is 1. The van der Waals surface area contributed by atoms with E-state index in [1.54, 1.807) is 24.3 Å². The third kappa shape index (κ3) is 3.32. The molecule has 0 spiro atoms. The lowest BCUT2D eigenvalue weighted by molar-refractivity contribution is -0.483. The molecule has 5 heteroatoms. The second kappa shape index (κ2) is 5.46. The Bertz CT molecular complexity index is 367. The van der Waals surface area contributed by atoms with Gasteiger partial charge in [-0.05, 0) is 11.6 Å². The summed E-state index contributed by atoms with van der Waals surface area (Å²) in [6.07, 6.45) is 0.794. The van der Waals surface area contributed by atoms with Crippen LogP contribution in [-0.4, -0.2) is 17.8 Å². The zero-order valence-corrected chi connectivity index (χ0v) is 8.68. The monoisotopic (exact) mass is 227 g/mol. The standard InChI is InChI=1S/C10H10ClNO3/c11-10-4-2-1-3-9(10)8(5-6-13)7-12(14)15/h1-4,6,8H,5,7H2/t8-/m1/s1. The zero-order valence-electron chi connectivity index (χ0n) is 7.93. The summed E-state index contributed by atoms with van der Waals surface area (Å²) in [4.78, 5) is 20.4. The molecular weight excluding hydrogens is 218 g/mol. The summed E-state index contributed by atoms with van der Waals surface area (Å²) >= 11 is 5.90. The third-order valence-electron chi connectivity index (χ3n) is 2.10. The van der Waals surface area contributed by atoms with Crippen molar-refractivity contribution < 1.29 is 9.72 Å². The van der Waals surface area contributed by atoms with Gasteiger partial charge in [-0.3, -0.25) is 10.1 Å². The Hall–Kier alpha value is -1.42. The highest BCUT2D eigenvalue weighted by molar-refractivity contribution is 6.31. The number of rotatable bonds is 5. The fourth-order valence-electron chi connectivity index (χ4n) is 1.40. The largest absolute Gasteiger partial charge is 0.303 e. The molecule has 0 saturated heterocycles. The first-order valence-electron chi connectivity index (χ1n) is 4.45. The van der Waals surface area contributed by atoms with E-state index in [4.69, 9.17) is 11.6 Å². The van der Waals surface area contributed by atoms with Crippen LogP contribution in [0.3, 0.4) is 0 Å². The Kier molecular flexibility index (Phi) is 4.24. The molecule has 0 aromatic heterocycles. The highest BCUT2D eigenvalue weighted by Crippen LogP contribution is 2.26. The number of nitro groups is 1. The fourth-order valence-corrected chi connectivity index (χ4v) is 1.69. The molecule has 4 nitrogen and oxygen atoms in total. The maximum Gasteiger partial charge on any atom is 0.211 e. The van der Waals surface area contributed by atoms with Gasteiger partial charge in [0.2, 0.25) is 6.54 Å². The van der Waals surface area contributed by atoms with Gasteiger partial charge in [-0.2, -0.15) is 0 Å². The van der Waals surface area contributed by atoms with Crippen LogP contribution in [0.5, 0.6) is 0 Å². The minimum atomic E-state index is -0.439. The van der Waals surface area contributed by atoms with Crippen molar-refractivity contribution in [3.63, 3.8) is 0 Å². The predicted octanol–water partition coefficient (Wildman–Crippen LogP) is 2.29. The Morgan fingerprint density at radius 3 is 2.67 bits per heavy atom. The summed E-state index contributed by atoms with van der Waals surface area (Å²) in [7, 11) is 0. The van der Waals surface area contributed by atoms with Gasteiger partial charge in [0.05, 0.1) is 5.92 Å². The van der Waals surface area contributed by atoms with Crippen molar-refractivity contribution in [3.8, 4) is 0 Å². The minimum Gasteiger partial charge on any atom is -0.303 e. The van der Waals surface area contributed by atoms with Gasteiger partial charge in [0.1, 0.15) is 6.29 Å². The lowest BCUT2D eigenvalue weighted by atomic mass is 9.96. The fraction of sp³-hybridized carbons (Fsp3) is 0.300. The minimum absolute atomic E-state index is 0.116. The number of hydrogen-bond acceptors (Lipinski definition) is 3. The first-order valence-corrected chi connectivity index (χ1v) is 4.82. The van der Waals surface area contributed by atoms with Crippen LogP contribution in [0.25, 0.3) is 0 Å². The first kappa shape index (κ1) is 11.7. The molecular formula is C10H10ClNO3. The normalized spacial score (nSPS) is 12.1. The second-order valence-electron chi connectivity index (χ2n) is 3.14. The van der Waals surface area contributed by atoms with Crippen molar-refractivity contribution in [3.05, 3.63) is 45.0 Å². The molecule has 1 atom stereocenters. The van der Waals surface area contributed by atoms with Gasteiger partial charge >= 0.3 is 0 Å². The van der Waals surface area contributed by atoms with Crippen molar-refractivity contribution >= 4 is 17.9 Å². The van der Waals surface area contributed by atoms with E-state index in [2.05, 4.69) is 0 Å². The van der Waals surface area contributed by atoms with Gasteiger partial charge in [-0.15, -0.1) is 0 Å². The van der Waals surface area contributed by atoms with E-state index in [0.717, 1.165) is 0 Å². The summed E-state index contributed by atoms with van der Waals surface area (Å²) in [5, 5.41) is 10.9. The van der Waals surface area contributed by atoms with Gasteiger partial charge in [0.25, 0.3) is 0 Å². The van der Waals surface area contributed by atoms with Crippen molar-refractivity contribution in [2.75, 3.05) is 6.54 Å². The Morgan fingerprint density at radius 2 is 2.13 bits per heavy atom. The summed E-state index contributed by atoms with van der Waals surface area (Å²) in [5.41, 5.74) is 0.656. The third-order valence-corrected chi connectivity index (χ3v) is 2.44. The average molecular weight is 228 g/mol. The highest BCUT2D eigenvalue weighted by Gasteiger charge is 2.19.